The Morgan fingerprint density at radius 3 is 2.73 bits per heavy atom. The minimum Gasteiger partial charge on any atom is -0.490 e. The monoisotopic (exact) mass is 351 g/mol. The Bertz CT molecular complexity index is 880. The van der Waals surface area contributed by atoms with E-state index in [0.29, 0.717) is 18.1 Å². The first-order valence-corrected chi connectivity index (χ1v) is 7.85. The fourth-order valence-electron chi connectivity index (χ4n) is 2.18. The molecule has 0 aliphatic carbocycles. The van der Waals surface area contributed by atoms with E-state index in [1.807, 2.05) is 6.92 Å². The number of nitro groups is 1. The summed E-state index contributed by atoms with van der Waals surface area (Å²) in [5.41, 5.74) is 0.840. The summed E-state index contributed by atoms with van der Waals surface area (Å²) < 4.78 is 10.9. The molecule has 6 nitrogen and oxygen atoms in total. The van der Waals surface area contributed by atoms with Crippen LogP contribution < -0.4 is 9.47 Å². The van der Waals surface area contributed by atoms with Crippen molar-refractivity contribution in [2.24, 2.45) is 0 Å². The van der Waals surface area contributed by atoms with Crippen molar-refractivity contribution in [3.05, 3.63) is 69.8 Å². The molecule has 0 amide bonds. The minimum absolute atomic E-state index is 0.126. The SMILES string of the molecule is C#CCOc1ccc(/C=C/C(=O)c2cccc([N+](=O)[O-])c2)cc1OCC. The Kier molecular flexibility index (Phi) is 6.52. The Hall–Kier alpha value is -3.59. The van der Waals surface area contributed by atoms with Crippen LogP contribution in [-0.4, -0.2) is 23.9 Å². The van der Waals surface area contributed by atoms with Crippen LogP contribution in [0.25, 0.3) is 6.08 Å². The molecule has 0 heterocycles. The Balaban J connectivity index is 2.20. The number of hydrogen-bond acceptors (Lipinski definition) is 5. The summed E-state index contributed by atoms with van der Waals surface area (Å²) in [4.78, 5) is 22.5. The van der Waals surface area contributed by atoms with E-state index in [1.54, 1.807) is 24.3 Å². The van der Waals surface area contributed by atoms with Gasteiger partial charge in [-0.1, -0.05) is 30.2 Å². The number of hydrogen-bond donors (Lipinski definition) is 0. The molecular formula is C20H17NO5. The van der Waals surface area contributed by atoms with Crippen molar-refractivity contribution >= 4 is 17.5 Å². The zero-order valence-electron chi connectivity index (χ0n) is 14.2. The summed E-state index contributed by atoms with van der Waals surface area (Å²) in [6.07, 6.45) is 8.15. The number of ether oxygens (including phenoxy) is 2. The van der Waals surface area contributed by atoms with Gasteiger partial charge in [-0.3, -0.25) is 14.9 Å². The van der Waals surface area contributed by atoms with E-state index >= 15 is 0 Å². The van der Waals surface area contributed by atoms with Crippen LogP contribution in [0.4, 0.5) is 5.69 Å². The predicted octanol–water partition coefficient (Wildman–Crippen LogP) is 3.90. The number of terminal acetylenes is 1. The maximum Gasteiger partial charge on any atom is 0.270 e. The molecule has 0 saturated carbocycles. The average Bonchev–Trinajstić information content (AvgIpc) is 2.65. The van der Waals surface area contributed by atoms with Gasteiger partial charge in [0.25, 0.3) is 5.69 Å². The molecule has 2 aromatic carbocycles. The number of nitro benzene ring substituents is 1. The molecule has 132 valence electrons. The van der Waals surface area contributed by atoms with E-state index in [2.05, 4.69) is 5.92 Å². The van der Waals surface area contributed by atoms with Crippen LogP contribution in [0.15, 0.2) is 48.5 Å². The second-order valence-electron chi connectivity index (χ2n) is 5.14. The van der Waals surface area contributed by atoms with Gasteiger partial charge in [-0.05, 0) is 30.7 Å². The molecule has 2 rings (SSSR count). The lowest BCUT2D eigenvalue weighted by molar-refractivity contribution is -0.384. The average molecular weight is 351 g/mol. The highest BCUT2D eigenvalue weighted by atomic mass is 16.6. The molecule has 0 radical (unpaired) electrons. The summed E-state index contributed by atoms with van der Waals surface area (Å²) in [5, 5.41) is 10.8. The summed E-state index contributed by atoms with van der Waals surface area (Å²) in [7, 11) is 0. The smallest absolute Gasteiger partial charge is 0.270 e. The molecule has 2 aromatic rings. The molecule has 26 heavy (non-hydrogen) atoms. The highest BCUT2D eigenvalue weighted by molar-refractivity contribution is 6.07. The summed E-state index contributed by atoms with van der Waals surface area (Å²) in [6, 6.07) is 10.8. The first-order chi connectivity index (χ1) is 12.5. The largest absolute Gasteiger partial charge is 0.490 e. The van der Waals surface area contributed by atoms with E-state index in [1.165, 1.54) is 30.3 Å². The van der Waals surface area contributed by atoms with Gasteiger partial charge in [0.2, 0.25) is 0 Å². The molecule has 0 bridgehead atoms. The van der Waals surface area contributed by atoms with Gasteiger partial charge in [0.1, 0.15) is 6.61 Å². The van der Waals surface area contributed by atoms with Crippen LogP contribution in [0.2, 0.25) is 0 Å². The molecule has 0 aliphatic heterocycles. The molecule has 0 saturated heterocycles. The molecule has 0 aliphatic rings. The van der Waals surface area contributed by atoms with Crippen molar-refractivity contribution in [3.63, 3.8) is 0 Å². The number of benzene rings is 2. The number of ketones is 1. The van der Waals surface area contributed by atoms with Gasteiger partial charge >= 0.3 is 0 Å². The van der Waals surface area contributed by atoms with E-state index in [4.69, 9.17) is 15.9 Å². The van der Waals surface area contributed by atoms with Gasteiger partial charge < -0.3 is 9.47 Å². The maximum atomic E-state index is 12.2. The molecule has 0 spiro atoms. The molecule has 6 heteroatoms. The highest BCUT2D eigenvalue weighted by Gasteiger charge is 2.10. The third-order valence-corrected chi connectivity index (χ3v) is 3.35. The Morgan fingerprint density at radius 2 is 2.04 bits per heavy atom. The lowest BCUT2D eigenvalue weighted by atomic mass is 10.1. The van der Waals surface area contributed by atoms with Gasteiger partial charge in [0.15, 0.2) is 17.3 Å². The van der Waals surface area contributed by atoms with Crippen LogP contribution in [0.5, 0.6) is 11.5 Å². The van der Waals surface area contributed by atoms with E-state index in [9.17, 15) is 14.9 Å². The van der Waals surface area contributed by atoms with Crippen LogP contribution in [0.1, 0.15) is 22.8 Å². The number of carbonyl (C=O) groups excluding carboxylic acids is 1. The normalized spacial score (nSPS) is 10.3. The van der Waals surface area contributed by atoms with Gasteiger partial charge in [0.05, 0.1) is 11.5 Å². The lowest BCUT2D eigenvalue weighted by Crippen LogP contribution is -1.99. The first-order valence-electron chi connectivity index (χ1n) is 7.85. The van der Waals surface area contributed by atoms with E-state index in [0.717, 1.165) is 5.56 Å². The second-order valence-corrected chi connectivity index (χ2v) is 5.14. The second kappa shape index (κ2) is 9.04. The number of rotatable bonds is 8. The fourth-order valence-corrected chi connectivity index (χ4v) is 2.18. The number of carbonyl (C=O) groups is 1. The number of allylic oxidation sites excluding steroid dienone is 1. The topological polar surface area (TPSA) is 78.7 Å². The quantitative estimate of drug-likeness (QED) is 0.237. The van der Waals surface area contributed by atoms with Crippen molar-refractivity contribution < 1.29 is 19.2 Å². The van der Waals surface area contributed by atoms with Gasteiger partial charge in [0, 0.05) is 17.7 Å². The van der Waals surface area contributed by atoms with E-state index < -0.39 is 4.92 Å². The van der Waals surface area contributed by atoms with Crippen molar-refractivity contribution in [1.29, 1.82) is 0 Å². The van der Waals surface area contributed by atoms with Crippen molar-refractivity contribution in [1.82, 2.24) is 0 Å². The van der Waals surface area contributed by atoms with Crippen molar-refractivity contribution in [2.75, 3.05) is 13.2 Å². The maximum absolute atomic E-state index is 12.2. The number of non-ortho nitro benzene ring substituents is 1. The predicted molar refractivity (Wildman–Crippen MR) is 98.4 cm³/mol. The van der Waals surface area contributed by atoms with Crippen molar-refractivity contribution in [2.45, 2.75) is 6.92 Å². The molecular weight excluding hydrogens is 334 g/mol. The van der Waals surface area contributed by atoms with Crippen LogP contribution in [-0.2, 0) is 0 Å². The fraction of sp³-hybridized carbons (Fsp3) is 0.150. The van der Waals surface area contributed by atoms with Crippen LogP contribution in [0, 0.1) is 22.5 Å². The van der Waals surface area contributed by atoms with Crippen molar-refractivity contribution in [3.8, 4) is 23.8 Å². The third kappa shape index (κ3) is 4.95. The van der Waals surface area contributed by atoms with Gasteiger partial charge in [-0.2, -0.15) is 0 Å². The molecule has 0 unspecified atom stereocenters. The summed E-state index contributed by atoms with van der Waals surface area (Å²) >= 11 is 0. The molecule has 0 N–H and O–H groups in total. The highest BCUT2D eigenvalue weighted by Crippen LogP contribution is 2.29. The number of nitrogens with zero attached hydrogens (tertiary/aromatic N) is 1. The molecule has 0 aromatic heterocycles. The van der Waals surface area contributed by atoms with Crippen LogP contribution in [0.3, 0.4) is 0 Å². The zero-order valence-corrected chi connectivity index (χ0v) is 14.2. The van der Waals surface area contributed by atoms with Gasteiger partial charge in [-0.25, -0.2) is 0 Å². The zero-order chi connectivity index (χ0) is 18.9. The Morgan fingerprint density at radius 1 is 1.23 bits per heavy atom. The minimum atomic E-state index is -0.538. The summed E-state index contributed by atoms with van der Waals surface area (Å²) in [5.74, 6) is 3.09. The third-order valence-electron chi connectivity index (χ3n) is 3.35. The first kappa shape index (κ1) is 18.7. The van der Waals surface area contributed by atoms with Crippen LogP contribution >= 0.6 is 0 Å². The molecule has 0 atom stereocenters. The lowest BCUT2D eigenvalue weighted by Gasteiger charge is -2.10. The van der Waals surface area contributed by atoms with E-state index in [-0.39, 0.29) is 23.6 Å². The Labute approximate surface area is 151 Å². The van der Waals surface area contributed by atoms with Gasteiger partial charge in [-0.15, -0.1) is 6.42 Å². The standard InChI is InChI=1S/C20H17NO5/c1-3-12-26-19-11-9-15(13-20(19)25-4-2)8-10-18(22)16-6-5-7-17(14-16)21(23)24/h1,5-11,13-14H,4,12H2,2H3/b10-8+. The summed E-state index contributed by atoms with van der Waals surface area (Å²) in [6.45, 7) is 2.42. The molecule has 0 fully saturated rings.